The first kappa shape index (κ1) is 16.0. The van der Waals surface area contributed by atoms with Crippen LogP contribution in [0.3, 0.4) is 0 Å². The van der Waals surface area contributed by atoms with Gasteiger partial charge in [0.1, 0.15) is 5.82 Å². The van der Waals surface area contributed by atoms with E-state index in [2.05, 4.69) is 5.32 Å². The molecule has 0 saturated heterocycles. The van der Waals surface area contributed by atoms with Gasteiger partial charge in [-0.25, -0.2) is 4.39 Å². The summed E-state index contributed by atoms with van der Waals surface area (Å²) in [6, 6.07) is 12.9. The van der Waals surface area contributed by atoms with Gasteiger partial charge >= 0.3 is 0 Å². The van der Waals surface area contributed by atoms with Crippen LogP contribution in [-0.4, -0.2) is 31.7 Å². The average Bonchev–Trinajstić information content (AvgIpc) is 2.53. The maximum Gasteiger partial charge on any atom is 0.254 e. The van der Waals surface area contributed by atoms with Gasteiger partial charge in [-0.1, -0.05) is 30.3 Å². The summed E-state index contributed by atoms with van der Waals surface area (Å²) in [5, 5.41) is 12.1. The molecule has 0 aliphatic carbocycles. The third-order valence-electron chi connectivity index (χ3n) is 3.40. The van der Waals surface area contributed by atoms with Crippen LogP contribution in [-0.2, 0) is 0 Å². The Hall–Kier alpha value is -2.40. The second kappa shape index (κ2) is 7.04. The van der Waals surface area contributed by atoms with Crippen LogP contribution >= 0.6 is 0 Å². The molecule has 0 heterocycles. The van der Waals surface area contributed by atoms with Crippen molar-refractivity contribution in [1.29, 1.82) is 0 Å². The number of aliphatic hydroxyl groups excluding tert-OH is 1. The Bertz CT molecular complexity index is 644. The fourth-order valence-electron chi connectivity index (χ4n) is 2.12. The number of halogens is 1. The number of carbonyl (C=O) groups is 1. The highest BCUT2D eigenvalue weighted by atomic mass is 19.1. The molecule has 0 radical (unpaired) electrons. The molecule has 0 saturated carbocycles. The first-order valence-electron chi connectivity index (χ1n) is 6.96. The third kappa shape index (κ3) is 3.62. The van der Waals surface area contributed by atoms with Gasteiger partial charge in [-0.05, 0) is 23.8 Å². The van der Waals surface area contributed by atoms with Crippen molar-refractivity contribution in [2.24, 2.45) is 0 Å². The number of benzene rings is 2. The smallest absolute Gasteiger partial charge is 0.254 e. The number of amides is 1. The minimum Gasteiger partial charge on any atom is -0.394 e. The summed E-state index contributed by atoms with van der Waals surface area (Å²) in [7, 11) is 3.59. The fourth-order valence-corrected chi connectivity index (χ4v) is 2.12. The number of nitrogens with zero attached hydrogens (tertiary/aromatic N) is 1. The molecule has 0 fully saturated rings. The topological polar surface area (TPSA) is 52.6 Å². The van der Waals surface area contributed by atoms with E-state index in [0.717, 1.165) is 5.56 Å². The quantitative estimate of drug-likeness (QED) is 0.891. The number of rotatable bonds is 5. The van der Waals surface area contributed by atoms with E-state index < -0.39 is 17.8 Å². The number of anilines is 1. The molecule has 0 aromatic heterocycles. The number of hydrogen-bond donors (Lipinski definition) is 2. The van der Waals surface area contributed by atoms with E-state index in [1.54, 1.807) is 37.2 Å². The Morgan fingerprint density at radius 2 is 1.91 bits per heavy atom. The van der Waals surface area contributed by atoms with Crippen LogP contribution in [0.5, 0.6) is 0 Å². The largest absolute Gasteiger partial charge is 0.394 e. The van der Waals surface area contributed by atoms with E-state index in [1.807, 2.05) is 18.2 Å². The highest BCUT2D eigenvalue weighted by Crippen LogP contribution is 2.18. The van der Waals surface area contributed by atoms with Crippen molar-refractivity contribution in [3.05, 3.63) is 65.5 Å². The van der Waals surface area contributed by atoms with Crippen LogP contribution in [0.25, 0.3) is 0 Å². The van der Waals surface area contributed by atoms with E-state index >= 15 is 0 Å². The number of nitrogens with one attached hydrogen (secondary N) is 1. The summed E-state index contributed by atoms with van der Waals surface area (Å²) < 4.78 is 14.1. The van der Waals surface area contributed by atoms with Crippen LogP contribution < -0.4 is 10.2 Å². The van der Waals surface area contributed by atoms with Crippen LogP contribution in [0.2, 0.25) is 0 Å². The molecule has 0 aliphatic heterocycles. The molecule has 0 aliphatic rings. The van der Waals surface area contributed by atoms with Crippen LogP contribution in [0.4, 0.5) is 10.1 Å². The Kier molecular flexibility index (Phi) is 5.12. The third-order valence-corrected chi connectivity index (χ3v) is 3.40. The van der Waals surface area contributed by atoms with Gasteiger partial charge in [-0.2, -0.15) is 0 Å². The molecule has 0 bridgehead atoms. The molecule has 116 valence electrons. The lowest BCUT2D eigenvalue weighted by Crippen LogP contribution is -2.31. The number of aliphatic hydroxyl groups is 1. The monoisotopic (exact) mass is 302 g/mol. The fraction of sp³-hybridized carbons (Fsp3) is 0.235. The summed E-state index contributed by atoms with van der Waals surface area (Å²) >= 11 is 0. The molecule has 5 heteroatoms. The molecule has 2 rings (SSSR count). The maximum atomic E-state index is 14.1. The van der Waals surface area contributed by atoms with Crippen LogP contribution in [0.1, 0.15) is 22.0 Å². The predicted octanol–water partition coefficient (Wildman–Crippen LogP) is 2.36. The lowest BCUT2D eigenvalue weighted by molar-refractivity contribution is 0.0912. The zero-order chi connectivity index (χ0) is 16.1. The molecule has 0 spiro atoms. The highest BCUT2D eigenvalue weighted by molar-refractivity contribution is 5.95. The van der Waals surface area contributed by atoms with Gasteiger partial charge in [-0.15, -0.1) is 0 Å². The van der Waals surface area contributed by atoms with Crippen molar-refractivity contribution >= 4 is 11.6 Å². The van der Waals surface area contributed by atoms with E-state index in [9.17, 15) is 14.3 Å². The summed E-state index contributed by atoms with van der Waals surface area (Å²) in [5.74, 6) is -1.14. The summed E-state index contributed by atoms with van der Waals surface area (Å²) in [5.41, 5.74) is 1.40. The van der Waals surface area contributed by atoms with Crippen molar-refractivity contribution in [3.8, 4) is 0 Å². The minimum atomic E-state index is -0.589. The molecular formula is C17H19FN2O2. The Labute approximate surface area is 129 Å². The van der Waals surface area contributed by atoms with Crippen LogP contribution in [0.15, 0.2) is 48.5 Å². The molecular weight excluding hydrogens is 283 g/mol. The van der Waals surface area contributed by atoms with E-state index in [-0.39, 0.29) is 12.2 Å². The first-order valence-corrected chi connectivity index (χ1v) is 6.96. The second-order valence-electron chi connectivity index (χ2n) is 5.18. The van der Waals surface area contributed by atoms with E-state index in [4.69, 9.17) is 0 Å². The second-order valence-corrected chi connectivity index (χ2v) is 5.18. The molecule has 22 heavy (non-hydrogen) atoms. The SMILES string of the molecule is CN(C)c1ccc(C(=O)N[C@H](CO)c2ccccc2)c(F)c1. The number of carbonyl (C=O) groups excluding carboxylic acids is 1. The van der Waals surface area contributed by atoms with Crippen molar-refractivity contribution in [2.75, 3.05) is 25.6 Å². The van der Waals surface area contributed by atoms with Gasteiger partial charge in [0.2, 0.25) is 0 Å². The summed E-state index contributed by atoms with van der Waals surface area (Å²) in [6.07, 6.45) is 0. The van der Waals surface area contributed by atoms with Gasteiger partial charge in [-0.3, -0.25) is 4.79 Å². The summed E-state index contributed by atoms with van der Waals surface area (Å²) in [4.78, 5) is 14.0. The minimum absolute atomic E-state index is 0.0417. The molecule has 1 amide bonds. The standard InChI is InChI=1S/C17H19FN2O2/c1-20(2)13-8-9-14(15(18)10-13)17(22)19-16(11-21)12-6-4-3-5-7-12/h3-10,16,21H,11H2,1-2H3,(H,19,22)/t16-/m1/s1. The van der Waals surface area contributed by atoms with Crippen LogP contribution in [0, 0.1) is 5.82 Å². The zero-order valence-corrected chi connectivity index (χ0v) is 12.6. The Morgan fingerprint density at radius 1 is 1.23 bits per heavy atom. The lowest BCUT2D eigenvalue weighted by Gasteiger charge is -2.18. The first-order chi connectivity index (χ1) is 10.5. The van der Waals surface area contributed by atoms with Gasteiger partial charge < -0.3 is 15.3 Å². The molecule has 2 aromatic carbocycles. The molecule has 2 aromatic rings. The Morgan fingerprint density at radius 3 is 2.45 bits per heavy atom. The molecule has 4 nitrogen and oxygen atoms in total. The zero-order valence-electron chi connectivity index (χ0n) is 12.6. The molecule has 2 N–H and O–H groups in total. The van der Waals surface area contributed by atoms with Crippen molar-refractivity contribution in [2.45, 2.75) is 6.04 Å². The molecule has 0 unspecified atom stereocenters. The van der Waals surface area contributed by atoms with E-state index in [0.29, 0.717) is 5.69 Å². The van der Waals surface area contributed by atoms with Crippen molar-refractivity contribution in [1.82, 2.24) is 5.32 Å². The predicted molar refractivity (Wildman–Crippen MR) is 84.5 cm³/mol. The highest BCUT2D eigenvalue weighted by Gasteiger charge is 2.18. The van der Waals surface area contributed by atoms with Gasteiger partial charge in [0.15, 0.2) is 0 Å². The van der Waals surface area contributed by atoms with Crippen molar-refractivity contribution in [3.63, 3.8) is 0 Å². The summed E-state index contributed by atoms with van der Waals surface area (Å²) in [6.45, 7) is -0.257. The van der Waals surface area contributed by atoms with Gasteiger partial charge in [0.25, 0.3) is 5.91 Å². The van der Waals surface area contributed by atoms with Gasteiger partial charge in [0, 0.05) is 19.8 Å². The molecule has 1 atom stereocenters. The normalized spacial score (nSPS) is 11.8. The lowest BCUT2D eigenvalue weighted by atomic mass is 10.1. The number of hydrogen-bond acceptors (Lipinski definition) is 3. The average molecular weight is 302 g/mol. The van der Waals surface area contributed by atoms with Crippen molar-refractivity contribution < 1.29 is 14.3 Å². The Balaban J connectivity index is 2.18. The maximum absolute atomic E-state index is 14.1. The van der Waals surface area contributed by atoms with Gasteiger partial charge in [0.05, 0.1) is 18.2 Å². The van der Waals surface area contributed by atoms with E-state index in [1.165, 1.54) is 12.1 Å².